The van der Waals surface area contributed by atoms with Gasteiger partial charge in [-0.2, -0.15) is 0 Å². The van der Waals surface area contributed by atoms with E-state index in [1.54, 1.807) is 11.3 Å². The van der Waals surface area contributed by atoms with Gasteiger partial charge in [-0.05, 0) is 43.3 Å². The van der Waals surface area contributed by atoms with Crippen LogP contribution < -0.4 is 4.90 Å². The Bertz CT molecular complexity index is 1280. The Balaban J connectivity index is 1.40. The monoisotopic (exact) mass is 446 g/mol. The Morgan fingerprint density at radius 2 is 1.91 bits per heavy atom. The molecule has 2 fully saturated rings. The zero-order valence-corrected chi connectivity index (χ0v) is 19.0. The number of thiophene rings is 1. The number of rotatable bonds is 3. The van der Waals surface area contributed by atoms with Gasteiger partial charge in [0.05, 0.1) is 10.4 Å². The van der Waals surface area contributed by atoms with Crippen LogP contribution in [0.2, 0.25) is 0 Å². The normalized spacial score (nSPS) is 20.0. The third-order valence-corrected chi connectivity index (χ3v) is 7.73. The lowest BCUT2D eigenvalue weighted by molar-refractivity contribution is -0.137. The molecule has 3 aromatic heterocycles. The highest BCUT2D eigenvalue weighted by Gasteiger charge is 2.34. The van der Waals surface area contributed by atoms with Crippen LogP contribution >= 0.6 is 11.3 Å². The van der Waals surface area contributed by atoms with E-state index in [1.807, 2.05) is 24.3 Å². The molecule has 32 heavy (non-hydrogen) atoms. The zero-order valence-electron chi connectivity index (χ0n) is 18.1. The van der Waals surface area contributed by atoms with Gasteiger partial charge in [0.25, 0.3) is 0 Å². The first kappa shape index (κ1) is 19.7. The summed E-state index contributed by atoms with van der Waals surface area (Å²) in [7, 11) is 0. The lowest BCUT2D eigenvalue weighted by Crippen LogP contribution is -2.55. The minimum atomic E-state index is 0.141. The summed E-state index contributed by atoms with van der Waals surface area (Å²) in [4.78, 5) is 23.6. The molecular weight excluding hydrogens is 420 g/mol. The van der Waals surface area contributed by atoms with Crippen LogP contribution in [0, 0.1) is 5.92 Å². The molecule has 0 unspecified atom stereocenters. The number of para-hydroxylation sites is 1. The minimum absolute atomic E-state index is 0.141. The highest BCUT2D eigenvalue weighted by atomic mass is 32.1. The number of fused-ring (bicyclic) bond motifs is 3. The lowest BCUT2D eigenvalue weighted by Gasteiger charge is -2.41. The van der Waals surface area contributed by atoms with Crippen molar-refractivity contribution in [3.05, 3.63) is 41.8 Å². The van der Waals surface area contributed by atoms with E-state index in [1.165, 1.54) is 12.8 Å². The molecule has 1 amide bonds. The molecule has 1 atom stereocenters. The van der Waals surface area contributed by atoms with Crippen molar-refractivity contribution in [3.63, 3.8) is 0 Å². The lowest BCUT2D eigenvalue weighted by atomic mass is 10.0. The predicted molar refractivity (Wildman–Crippen MR) is 127 cm³/mol. The summed E-state index contributed by atoms with van der Waals surface area (Å²) in [5.41, 5.74) is 1.74. The third-order valence-electron chi connectivity index (χ3n) is 6.87. The largest absolute Gasteiger partial charge is 0.338 e. The smallest absolute Gasteiger partial charge is 0.226 e. The van der Waals surface area contributed by atoms with Gasteiger partial charge >= 0.3 is 0 Å². The van der Waals surface area contributed by atoms with Gasteiger partial charge in [0.15, 0.2) is 11.5 Å². The Labute approximate surface area is 190 Å². The van der Waals surface area contributed by atoms with E-state index in [-0.39, 0.29) is 12.0 Å². The fourth-order valence-corrected chi connectivity index (χ4v) is 5.92. The Morgan fingerprint density at radius 1 is 1.06 bits per heavy atom. The van der Waals surface area contributed by atoms with Crippen LogP contribution in [0.25, 0.3) is 27.3 Å². The molecule has 1 saturated carbocycles. The zero-order chi connectivity index (χ0) is 21.7. The number of benzene rings is 1. The van der Waals surface area contributed by atoms with Gasteiger partial charge in [-0.3, -0.25) is 4.79 Å². The second-order valence-corrected chi connectivity index (χ2v) is 9.84. The van der Waals surface area contributed by atoms with Crippen LogP contribution in [-0.2, 0) is 4.79 Å². The third kappa shape index (κ3) is 3.16. The van der Waals surface area contributed by atoms with Gasteiger partial charge in [-0.1, -0.05) is 31.0 Å². The van der Waals surface area contributed by atoms with Crippen molar-refractivity contribution < 1.29 is 4.79 Å². The molecule has 4 heterocycles. The first-order valence-electron chi connectivity index (χ1n) is 11.4. The van der Waals surface area contributed by atoms with Crippen molar-refractivity contribution in [2.45, 2.75) is 38.6 Å². The first-order valence-corrected chi connectivity index (χ1v) is 12.3. The summed E-state index contributed by atoms with van der Waals surface area (Å²) in [5, 5.41) is 12.2. The number of carbonyl (C=O) groups is 1. The van der Waals surface area contributed by atoms with E-state index in [0.29, 0.717) is 5.91 Å². The summed E-state index contributed by atoms with van der Waals surface area (Å²) in [6.07, 6.45) is 4.46. The highest BCUT2D eigenvalue weighted by molar-refractivity contribution is 7.13. The molecule has 1 aliphatic carbocycles. The fraction of sp³-hybridized carbons (Fsp3) is 0.417. The Hall–Kier alpha value is -3.00. The van der Waals surface area contributed by atoms with E-state index in [4.69, 9.17) is 4.98 Å². The van der Waals surface area contributed by atoms with Crippen molar-refractivity contribution >= 4 is 39.7 Å². The molecule has 0 spiro atoms. The predicted octanol–water partition coefficient (Wildman–Crippen LogP) is 4.23. The maximum Gasteiger partial charge on any atom is 0.226 e. The second kappa shape index (κ2) is 7.85. The van der Waals surface area contributed by atoms with E-state index in [0.717, 1.165) is 65.7 Å². The van der Waals surface area contributed by atoms with Crippen LogP contribution in [-0.4, -0.2) is 56.1 Å². The number of carbonyl (C=O) groups excluding carboxylic acids is 1. The number of hydrogen-bond donors (Lipinski definition) is 0. The highest BCUT2D eigenvalue weighted by Crippen LogP contribution is 2.32. The number of hydrogen-bond acceptors (Lipinski definition) is 6. The molecule has 1 aliphatic heterocycles. The van der Waals surface area contributed by atoms with E-state index >= 15 is 0 Å². The van der Waals surface area contributed by atoms with Crippen LogP contribution in [0.4, 0.5) is 5.95 Å². The number of aromatic nitrogens is 4. The topological polar surface area (TPSA) is 66.6 Å². The molecule has 1 aromatic carbocycles. The van der Waals surface area contributed by atoms with Gasteiger partial charge in [0.2, 0.25) is 11.9 Å². The van der Waals surface area contributed by atoms with Gasteiger partial charge in [0, 0.05) is 37.0 Å². The van der Waals surface area contributed by atoms with E-state index in [9.17, 15) is 4.79 Å². The summed E-state index contributed by atoms with van der Waals surface area (Å²) in [6, 6.07) is 12.3. The molecule has 0 radical (unpaired) electrons. The minimum Gasteiger partial charge on any atom is -0.338 e. The molecule has 1 saturated heterocycles. The van der Waals surface area contributed by atoms with Gasteiger partial charge < -0.3 is 9.80 Å². The van der Waals surface area contributed by atoms with Crippen molar-refractivity contribution in [2.75, 3.05) is 24.5 Å². The van der Waals surface area contributed by atoms with E-state index < -0.39 is 0 Å². The number of amides is 1. The maximum absolute atomic E-state index is 13.1. The molecule has 164 valence electrons. The van der Waals surface area contributed by atoms with Crippen molar-refractivity contribution in [1.29, 1.82) is 0 Å². The molecule has 6 rings (SSSR count). The van der Waals surface area contributed by atoms with E-state index in [2.05, 4.69) is 48.8 Å². The van der Waals surface area contributed by atoms with Gasteiger partial charge in [0.1, 0.15) is 0 Å². The van der Waals surface area contributed by atoms with Gasteiger partial charge in [-0.25, -0.2) is 9.38 Å². The first-order chi connectivity index (χ1) is 15.7. The maximum atomic E-state index is 13.1. The average Bonchev–Trinajstić information content (AvgIpc) is 3.59. The molecule has 0 N–H and O–H groups in total. The summed E-state index contributed by atoms with van der Waals surface area (Å²) < 4.78 is 2.09. The Kier molecular flexibility index (Phi) is 4.82. The standard InChI is InChI=1S/C24H26N6OS/c1-16-15-28(12-13-29(16)23(31)17-7-2-3-8-17)24-25-19-10-5-4-9-18(19)21-26-27-22(30(21)24)20-11-6-14-32-20/h4-6,9-11,14,16-17H,2-3,7-8,12-13,15H2,1H3/t16-/m0/s1. The van der Waals surface area contributed by atoms with Crippen LogP contribution in [0.15, 0.2) is 41.8 Å². The summed E-state index contributed by atoms with van der Waals surface area (Å²) >= 11 is 1.65. The quantitative estimate of drug-likeness (QED) is 0.471. The molecule has 8 heteroatoms. The summed E-state index contributed by atoms with van der Waals surface area (Å²) in [6.45, 7) is 4.39. The molecule has 4 aromatic rings. The second-order valence-electron chi connectivity index (χ2n) is 8.90. The van der Waals surface area contributed by atoms with Crippen LogP contribution in [0.5, 0.6) is 0 Å². The molecule has 0 bridgehead atoms. The fourth-order valence-electron chi connectivity index (χ4n) is 5.22. The Morgan fingerprint density at radius 3 is 2.69 bits per heavy atom. The van der Waals surface area contributed by atoms with Crippen molar-refractivity contribution in [1.82, 2.24) is 24.5 Å². The summed E-state index contributed by atoms with van der Waals surface area (Å²) in [5.74, 6) is 2.24. The SMILES string of the molecule is C[C@H]1CN(c2nc3ccccc3c3nnc(-c4cccs4)n23)CCN1C(=O)C1CCCC1. The van der Waals surface area contributed by atoms with Crippen molar-refractivity contribution in [3.8, 4) is 10.7 Å². The molecule has 7 nitrogen and oxygen atoms in total. The number of piperazine rings is 1. The molecule has 2 aliphatic rings. The number of anilines is 1. The van der Waals surface area contributed by atoms with Crippen LogP contribution in [0.1, 0.15) is 32.6 Å². The van der Waals surface area contributed by atoms with Gasteiger partial charge in [-0.15, -0.1) is 21.5 Å². The van der Waals surface area contributed by atoms with Crippen molar-refractivity contribution in [2.24, 2.45) is 5.92 Å². The average molecular weight is 447 g/mol. The number of nitrogens with zero attached hydrogens (tertiary/aromatic N) is 6. The van der Waals surface area contributed by atoms with Crippen LogP contribution in [0.3, 0.4) is 0 Å². The molecular formula is C24H26N6OS.